The minimum Gasteiger partial charge on any atom is -0.461 e. The van der Waals surface area contributed by atoms with Crippen LogP contribution in [0.3, 0.4) is 0 Å². The van der Waals surface area contributed by atoms with Crippen LogP contribution in [0.2, 0.25) is 0 Å². The van der Waals surface area contributed by atoms with Crippen molar-refractivity contribution >= 4 is 23.2 Å². The summed E-state index contributed by atoms with van der Waals surface area (Å²) in [6.45, 7) is 3.53. The second-order valence-electron chi connectivity index (χ2n) is 5.29. The number of benzene rings is 1. The Morgan fingerprint density at radius 2 is 2.00 bits per heavy atom. The average molecular weight is 362 g/mol. The first-order chi connectivity index (χ1) is 12.2. The highest BCUT2D eigenvalue weighted by molar-refractivity contribution is 7.09. The topological polar surface area (TPSA) is 68.7 Å². The fraction of sp³-hybridized carbons (Fsp3) is 0.389. The fourth-order valence-corrected chi connectivity index (χ4v) is 3.04. The van der Waals surface area contributed by atoms with E-state index in [1.54, 1.807) is 36.4 Å². The molecule has 0 radical (unpaired) electrons. The first kappa shape index (κ1) is 19.1. The van der Waals surface area contributed by atoms with Gasteiger partial charge in [0.15, 0.2) is 5.69 Å². The summed E-state index contributed by atoms with van der Waals surface area (Å²) >= 11 is 1.35. The summed E-state index contributed by atoms with van der Waals surface area (Å²) < 4.78 is 10.0. The van der Waals surface area contributed by atoms with Crippen LogP contribution >= 0.6 is 11.3 Å². The number of nitrogens with zero attached hydrogens (tertiary/aromatic N) is 2. The Hall–Kier alpha value is -2.25. The zero-order chi connectivity index (χ0) is 18.1. The fourth-order valence-electron chi connectivity index (χ4n) is 2.26. The number of hydrogen-bond donors (Lipinski definition) is 0. The van der Waals surface area contributed by atoms with E-state index in [0.717, 1.165) is 6.42 Å². The van der Waals surface area contributed by atoms with E-state index in [1.807, 2.05) is 18.2 Å². The van der Waals surface area contributed by atoms with E-state index in [4.69, 9.17) is 9.47 Å². The highest BCUT2D eigenvalue weighted by atomic mass is 32.1. The van der Waals surface area contributed by atoms with Crippen molar-refractivity contribution in [2.75, 3.05) is 26.9 Å². The van der Waals surface area contributed by atoms with Crippen LogP contribution in [0.5, 0.6) is 0 Å². The van der Waals surface area contributed by atoms with Gasteiger partial charge in [-0.05, 0) is 25.5 Å². The van der Waals surface area contributed by atoms with E-state index >= 15 is 0 Å². The highest BCUT2D eigenvalue weighted by Gasteiger charge is 2.19. The minimum atomic E-state index is -0.440. The Morgan fingerprint density at radius 1 is 1.24 bits per heavy atom. The van der Waals surface area contributed by atoms with Crippen LogP contribution in [0.15, 0.2) is 35.7 Å². The van der Waals surface area contributed by atoms with Crippen LogP contribution in [-0.4, -0.2) is 48.6 Å². The highest BCUT2D eigenvalue weighted by Crippen LogP contribution is 2.16. The zero-order valence-electron chi connectivity index (χ0n) is 14.4. The van der Waals surface area contributed by atoms with Crippen molar-refractivity contribution < 1.29 is 19.1 Å². The van der Waals surface area contributed by atoms with Crippen molar-refractivity contribution in [3.63, 3.8) is 0 Å². The molecule has 2 rings (SSSR count). The van der Waals surface area contributed by atoms with E-state index < -0.39 is 5.97 Å². The van der Waals surface area contributed by atoms with Crippen molar-refractivity contribution in [1.29, 1.82) is 0 Å². The zero-order valence-corrected chi connectivity index (χ0v) is 15.3. The monoisotopic (exact) mass is 362 g/mol. The van der Waals surface area contributed by atoms with Crippen molar-refractivity contribution in [2.45, 2.75) is 19.9 Å². The molecule has 0 saturated heterocycles. The molecule has 0 atom stereocenters. The van der Waals surface area contributed by atoms with Crippen molar-refractivity contribution in [2.24, 2.45) is 0 Å². The normalized spacial score (nSPS) is 10.5. The number of ether oxygens (including phenoxy) is 2. The quantitative estimate of drug-likeness (QED) is 0.507. The maximum absolute atomic E-state index is 12.8. The average Bonchev–Trinajstić information content (AvgIpc) is 3.10. The summed E-state index contributed by atoms with van der Waals surface area (Å²) in [4.78, 5) is 30.5. The molecule has 2 aromatic rings. The van der Waals surface area contributed by atoms with Gasteiger partial charge >= 0.3 is 5.97 Å². The lowest BCUT2D eigenvalue weighted by molar-refractivity contribution is 0.0520. The number of thiazole rings is 1. The predicted octanol–water partition coefficient (Wildman–Crippen LogP) is 3.00. The maximum atomic E-state index is 12.8. The molecule has 0 N–H and O–H groups in total. The summed E-state index contributed by atoms with van der Waals surface area (Å²) in [6.07, 6.45) is 0.727. The Morgan fingerprint density at radius 3 is 2.68 bits per heavy atom. The van der Waals surface area contributed by atoms with Gasteiger partial charge in [-0.2, -0.15) is 0 Å². The largest absolute Gasteiger partial charge is 0.461 e. The standard InChI is InChI=1S/C18H22N2O4S/c1-3-24-18(22)15-13-25-16(19-15)12-20(10-7-11-23-2)17(21)14-8-5-4-6-9-14/h4-6,8-9,13H,3,7,10-12H2,1-2H3. The summed E-state index contributed by atoms with van der Waals surface area (Å²) in [5.74, 6) is -0.505. The molecule has 1 aromatic heterocycles. The van der Waals surface area contributed by atoms with E-state index in [0.29, 0.717) is 36.9 Å². The van der Waals surface area contributed by atoms with Crippen LogP contribution in [0, 0.1) is 0 Å². The van der Waals surface area contributed by atoms with Crippen LogP contribution in [-0.2, 0) is 16.0 Å². The lowest BCUT2D eigenvalue weighted by atomic mass is 10.2. The number of carbonyl (C=O) groups is 2. The molecule has 25 heavy (non-hydrogen) atoms. The summed E-state index contributed by atoms with van der Waals surface area (Å²) in [7, 11) is 1.63. The second kappa shape index (κ2) is 9.90. The Labute approximate surface area is 151 Å². The van der Waals surface area contributed by atoms with E-state index in [2.05, 4.69) is 4.98 Å². The van der Waals surface area contributed by atoms with E-state index in [9.17, 15) is 9.59 Å². The summed E-state index contributed by atoms with van der Waals surface area (Å²) in [6, 6.07) is 9.12. The third kappa shape index (κ3) is 5.65. The number of carbonyl (C=O) groups excluding carboxylic acids is 2. The Kier molecular flexibility index (Phi) is 7.56. The molecular formula is C18H22N2O4S. The maximum Gasteiger partial charge on any atom is 0.357 e. The van der Waals surface area contributed by atoms with Gasteiger partial charge in [0.2, 0.25) is 0 Å². The van der Waals surface area contributed by atoms with Crippen molar-refractivity contribution in [3.05, 3.63) is 52.0 Å². The van der Waals surface area contributed by atoms with E-state index in [-0.39, 0.29) is 11.6 Å². The minimum absolute atomic E-state index is 0.0652. The Balaban J connectivity index is 2.10. The number of methoxy groups -OCH3 is 1. The molecule has 0 bridgehead atoms. The van der Waals surface area contributed by atoms with E-state index in [1.165, 1.54) is 11.3 Å². The predicted molar refractivity (Wildman–Crippen MR) is 95.7 cm³/mol. The third-order valence-electron chi connectivity index (χ3n) is 3.45. The molecule has 1 amide bonds. The van der Waals surface area contributed by atoms with Gasteiger partial charge in [0.1, 0.15) is 5.01 Å². The smallest absolute Gasteiger partial charge is 0.357 e. The molecule has 7 heteroatoms. The molecule has 134 valence electrons. The molecule has 0 fully saturated rings. The van der Waals surface area contributed by atoms with Gasteiger partial charge in [-0.1, -0.05) is 18.2 Å². The lowest BCUT2D eigenvalue weighted by Crippen LogP contribution is -2.32. The summed E-state index contributed by atoms with van der Waals surface area (Å²) in [5, 5.41) is 2.36. The SMILES string of the molecule is CCOC(=O)c1csc(CN(CCCOC)C(=O)c2ccccc2)n1. The van der Waals surface area contributed by atoms with Crippen molar-refractivity contribution in [3.8, 4) is 0 Å². The molecule has 1 aromatic carbocycles. The molecule has 0 aliphatic carbocycles. The lowest BCUT2D eigenvalue weighted by Gasteiger charge is -2.21. The number of hydrogen-bond acceptors (Lipinski definition) is 6. The molecular weight excluding hydrogens is 340 g/mol. The molecule has 0 unspecified atom stereocenters. The Bertz CT molecular complexity index is 687. The molecule has 6 nitrogen and oxygen atoms in total. The second-order valence-corrected chi connectivity index (χ2v) is 6.23. The van der Waals surface area contributed by atoms with Gasteiger partial charge in [-0.25, -0.2) is 9.78 Å². The van der Waals surface area contributed by atoms with Gasteiger partial charge in [-0.3, -0.25) is 4.79 Å². The van der Waals surface area contributed by atoms with Gasteiger partial charge in [0.25, 0.3) is 5.91 Å². The number of amides is 1. The van der Waals surface area contributed by atoms with Crippen LogP contribution in [0.1, 0.15) is 39.2 Å². The molecule has 1 heterocycles. The van der Waals surface area contributed by atoms with Crippen LogP contribution in [0.25, 0.3) is 0 Å². The molecule has 0 spiro atoms. The molecule has 0 saturated carbocycles. The van der Waals surface area contributed by atoms with Gasteiger partial charge < -0.3 is 14.4 Å². The van der Waals surface area contributed by atoms with Gasteiger partial charge in [0.05, 0.1) is 13.2 Å². The van der Waals surface area contributed by atoms with Crippen molar-refractivity contribution in [1.82, 2.24) is 9.88 Å². The third-order valence-corrected chi connectivity index (χ3v) is 4.28. The first-order valence-corrected chi connectivity index (χ1v) is 8.98. The molecule has 0 aliphatic heterocycles. The number of aromatic nitrogens is 1. The van der Waals surface area contributed by atoms with Gasteiger partial charge in [-0.15, -0.1) is 11.3 Å². The van der Waals surface area contributed by atoms with Gasteiger partial charge in [0, 0.05) is 31.2 Å². The number of esters is 1. The first-order valence-electron chi connectivity index (χ1n) is 8.10. The van der Waals surface area contributed by atoms with Crippen LogP contribution < -0.4 is 0 Å². The molecule has 0 aliphatic rings. The number of rotatable bonds is 9. The summed E-state index contributed by atoms with van der Waals surface area (Å²) in [5.41, 5.74) is 0.910. The van der Waals surface area contributed by atoms with Crippen LogP contribution in [0.4, 0.5) is 0 Å².